The highest BCUT2D eigenvalue weighted by molar-refractivity contribution is 7.80. The van der Waals surface area contributed by atoms with Gasteiger partial charge in [0.1, 0.15) is 5.82 Å². The van der Waals surface area contributed by atoms with E-state index in [1.807, 2.05) is 0 Å². The largest absolute Gasteiger partial charge is 0.345 e. The number of carbonyl (C=O) groups is 1. The van der Waals surface area contributed by atoms with Gasteiger partial charge in [0.25, 0.3) is 0 Å². The fourth-order valence-electron chi connectivity index (χ4n) is 1.40. The molecule has 0 bridgehead atoms. The van der Waals surface area contributed by atoms with Crippen LogP contribution in [0.25, 0.3) is 0 Å². The van der Waals surface area contributed by atoms with Gasteiger partial charge in [-0.15, -0.1) is 0 Å². The third-order valence-corrected chi connectivity index (χ3v) is 2.65. The summed E-state index contributed by atoms with van der Waals surface area (Å²) < 4.78 is 13.3. The van der Waals surface area contributed by atoms with Crippen molar-refractivity contribution in [2.45, 2.75) is 12.8 Å². The second-order valence-corrected chi connectivity index (χ2v) is 4.08. The molecule has 1 amide bonds. The van der Waals surface area contributed by atoms with Gasteiger partial charge in [0.05, 0.1) is 0 Å². The van der Waals surface area contributed by atoms with Crippen LogP contribution in [0.4, 0.5) is 4.39 Å². The highest BCUT2D eigenvalue weighted by atomic mass is 32.1. The highest BCUT2D eigenvalue weighted by Gasteiger charge is 2.08. The maximum Gasteiger partial charge on any atom is 0.223 e. The predicted molar refractivity (Wildman–Crippen MR) is 66.2 cm³/mol. The van der Waals surface area contributed by atoms with E-state index in [4.69, 9.17) is 0 Å². The van der Waals surface area contributed by atoms with Gasteiger partial charge < -0.3 is 4.90 Å². The first kappa shape index (κ1) is 13.0. The van der Waals surface area contributed by atoms with E-state index >= 15 is 0 Å². The average Bonchev–Trinajstić information content (AvgIpc) is 2.28. The van der Waals surface area contributed by atoms with Gasteiger partial charge in [-0.2, -0.15) is 12.6 Å². The Labute approximate surface area is 101 Å². The van der Waals surface area contributed by atoms with Gasteiger partial charge in [0, 0.05) is 20.0 Å². The number of amides is 1. The van der Waals surface area contributed by atoms with Crippen LogP contribution in [-0.2, 0) is 11.2 Å². The molecule has 16 heavy (non-hydrogen) atoms. The zero-order valence-corrected chi connectivity index (χ0v) is 10.2. The van der Waals surface area contributed by atoms with Crippen LogP contribution in [0.1, 0.15) is 12.0 Å². The molecule has 0 fully saturated rings. The third kappa shape index (κ3) is 3.85. The fourth-order valence-corrected chi connectivity index (χ4v) is 1.59. The first-order valence-electron chi connectivity index (χ1n) is 5.23. The first-order chi connectivity index (χ1) is 7.65. The van der Waals surface area contributed by atoms with E-state index in [1.165, 1.54) is 6.07 Å². The van der Waals surface area contributed by atoms with Gasteiger partial charge in [-0.25, -0.2) is 4.39 Å². The maximum absolute atomic E-state index is 13.3. The summed E-state index contributed by atoms with van der Waals surface area (Å²) in [6.07, 6.45) is 0.971. The van der Waals surface area contributed by atoms with Crippen molar-refractivity contribution in [3.05, 3.63) is 35.6 Å². The van der Waals surface area contributed by atoms with Crippen LogP contribution in [0.3, 0.4) is 0 Å². The van der Waals surface area contributed by atoms with E-state index in [0.717, 1.165) is 0 Å². The smallest absolute Gasteiger partial charge is 0.223 e. The summed E-state index contributed by atoms with van der Waals surface area (Å²) in [6.45, 7) is 0.535. The molecule has 0 saturated carbocycles. The summed E-state index contributed by atoms with van der Waals surface area (Å²) in [7, 11) is 1.73. The Hall–Kier alpha value is -1.03. The quantitative estimate of drug-likeness (QED) is 0.783. The summed E-state index contributed by atoms with van der Waals surface area (Å²) >= 11 is 4.00. The van der Waals surface area contributed by atoms with E-state index in [0.29, 0.717) is 30.7 Å². The van der Waals surface area contributed by atoms with Crippen LogP contribution in [0.5, 0.6) is 0 Å². The molecule has 0 aliphatic heterocycles. The van der Waals surface area contributed by atoms with E-state index in [-0.39, 0.29) is 11.7 Å². The number of halogens is 1. The Bertz CT molecular complexity index is 357. The van der Waals surface area contributed by atoms with Gasteiger partial charge in [-0.3, -0.25) is 4.79 Å². The molecule has 88 valence electrons. The second kappa shape index (κ2) is 6.53. The van der Waals surface area contributed by atoms with Crippen molar-refractivity contribution in [3.63, 3.8) is 0 Å². The monoisotopic (exact) mass is 241 g/mol. The lowest BCUT2D eigenvalue weighted by Gasteiger charge is -2.16. The Morgan fingerprint density at radius 3 is 2.75 bits per heavy atom. The van der Waals surface area contributed by atoms with Crippen LogP contribution in [0.15, 0.2) is 24.3 Å². The second-order valence-electron chi connectivity index (χ2n) is 3.63. The van der Waals surface area contributed by atoms with Crippen LogP contribution >= 0.6 is 12.6 Å². The van der Waals surface area contributed by atoms with Gasteiger partial charge in [-0.05, 0) is 23.8 Å². The minimum absolute atomic E-state index is 0.0475. The lowest BCUT2D eigenvalue weighted by atomic mass is 10.1. The minimum Gasteiger partial charge on any atom is -0.345 e. The zero-order chi connectivity index (χ0) is 12.0. The zero-order valence-electron chi connectivity index (χ0n) is 9.32. The molecule has 0 atom stereocenters. The normalized spacial score (nSPS) is 10.2. The number of carbonyl (C=O) groups excluding carboxylic acids is 1. The Morgan fingerprint density at radius 2 is 2.12 bits per heavy atom. The summed E-state index contributed by atoms with van der Waals surface area (Å²) in [5, 5.41) is 0. The Morgan fingerprint density at radius 1 is 1.44 bits per heavy atom. The topological polar surface area (TPSA) is 20.3 Å². The molecule has 1 aromatic rings. The van der Waals surface area contributed by atoms with Crippen molar-refractivity contribution in [2.24, 2.45) is 0 Å². The number of hydrogen-bond acceptors (Lipinski definition) is 2. The van der Waals surface area contributed by atoms with Crippen LogP contribution in [0, 0.1) is 5.82 Å². The lowest BCUT2D eigenvalue weighted by molar-refractivity contribution is -0.129. The molecule has 1 aromatic carbocycles. The molecule has 0 heterocycles. The number of nitrogens with zero attached hydrogens (tertiary/aromatic N) is 1. The molecule has 0 spiro atoms. The maximum atomic E-state index is 13.3. The summed E-state index contributed by atoms with van der Waals surface area (Å²) in [5.41, 5.74) is 0.646. The SMILES string of the molecule is CN(CCc1ccccc1F)C(=O)CCS. The Balaban J connectivity index is 2.46. The number of likely N-dealkylation sites (N-methyl/N-ethyl adjacent to an activating group) is 1. The van der Waals surface area contributed by atoms with Crippen molar-refractivity contribution < 1.29 is 9.18 Å². The van der Waals surface area contributed by atoms with Crippen molar-refractivity contribution in [3.8, 4) is 0 Å². The molecule has 2 nitrogen and oxygen atoms in total. The number of thiol groups is 1. The van der Waals surface area contributed by atoms with E-state index in [1.54, 1.807) is 30.1 Å². The first-order valence-corrected chi connectivity index (χ1v) is 5.86. The number of rotatable bonds is 5. The molecule has 0 N–H and O–H groups in total. The van der Waals surface area contributed by atoms with Crippen molar-refractivity contribution in [2.75, 3.05) is 19.3 Å². The van der Waals surface area contributed by atoms with Crippen LogP contribution in [0.2, 0.25) is 0 Å². The van der Waals surface area contributed by atoms with Gasteiger partial charge >= 0.3 is 0 Å². The molecular formula is C12H16FNOS. The van der Waals surface area contributed by atoms with Gasteiger partial charge in [-0.1, -0.05) is 18.2 Å². The summed E-state index contributed by atoms with van der Waals surface area (Å²) in [4.78, 5) is 13.0. The van der Waals surface area contributed by atoms with E-state index < -0.39 is 0 Å². The standard InChI is InChI=1S/C12H16FNOS/c1-14(12(15)7-9-16)8-6-10-4-2-3-5-11(10)13/h2-5,16H,6-9H2,1H3. The molecule has 0 saturated heterocycles. The van der Waals surface area contributed by atoms with E-state index in [9.17, 15) is 9.18 Å². The number of benzene rings is 1. The lowest BCUT2D eigenvalue weighted by Crippen LogP contribution is -2.29. The summed E-state index contributed by atoms with van der Waals surface area (Å²) in [5.74, 6) is 0.381. The number of hydrogen-bond donors (Lipinski definition) is 1. The van der Waals surface area contributed by atoms with Gasteiger partial charge in [0.15, 0.2) is 0 Å². The molecule has 4 heteroatoms. The van der Waals surface area contributed by atoms with Crippen LogP contribution < -0.4 is 0 Å². The molecule has 0 aliphatic rings. The van der Waals surface area contributed by atoms with Crippen molar-refractivity contribution in [1.29, 1.82) is 0 Å². The Kier molecular flexibility index (Phi) is 5.32. The third-order valence-electron chi connectivity index (χ3n) is 2.43. The minimum atomic E-state index is -0.211. The van der Waals surface area contributed by atoms with E-state index in [2.05, 4.69) is 12.6 Å². The molecule has 0 unspecified atom stereocenters. The molecular weight excluding hydrogens is 225 g/mol. The molecule has 0 aliphatic carbocycles. The fraction of sp³-hybridized carbons (Fsp3) is 0.417. The molecule has 1 rings (SSSR count). The molecule has 0 aromatic heterocycles. The average molecular weight is 241 g/mol. The molecule has 0 radical (unpaired) electrons. The highest BCUT2D eigenvalue weighted by Crippen LogP contribution is 2.07. The van der Waals surface area contributed by atoms with Crippen molar-refractivity contribution >= 4 is 18.5 Å². The van der Waals surface area contributed by atoms with Crippen molar-refractivity contribution in [1.82, 2.24) is 4.90 Å². The van der Waals surface area contributed by atoms with Crippen LogP contribution in [-0.4, -0.2) is 30.2 Å². The van der Waals surface area contributed by atoms with Gasteiger partial charge in [0.2, 0.25) is 5.91 Å². The predicted octanol–water partition coefficient (Wildman–Crippen LogP) is 2.15. The summed E-state index contributed by atoms with van der Waals surface area (Å²) in [6, 6.07) is 6.64.